The first kappa shape index (κ1) is 19.8. The Labute approximate surface area is 172 Å². The van der Waals surface area contributed by atoms with E-state index in [9.17, 15) is 0 Å². The first-order chi connectivity index (χ1) is 12.5. The third-order valence-corrected chi connectivity index (χ3v) is 8.54. The van der Waals surface area contributed by atoms with E-state index in [0.717, 1.165) is 29.1 Å². The normalized spacial score (nSPS) is 43.5. The number of benzene rings is 1. The zero-order valence-electron chi connectivity index (χ0n) is 17.3. The van der Waals surface area contributed by atoms with Gasteiger partial charge in [0.2, 0.25) is 0 Å². The van der Waals surface area contributed by atoms with Gasteiger partial charge in [0, 0.05) is 18.5 Å². The molecule has 4 aliphatic carbocycles. The minimum absolute atomic E-state index is 0. The summed E-state index contributed by atoms with van der Waals surface area (Å²) in [5.41, 5.74) is 2.62. The molecule has 5 fully saturated rings. The molecule has 1 aliphatic heterocycles. The predicted molar refractivity (Wildman–Crippen MR) is 116 cm³/mol. The third kappa shape index (κ3) is 3.84. The molecule has 150 valence electrons. The number of hydrogen-bond acceptors (Lipinski definition) is 1. The molecular weight excluding hydrogens is 350 g/mol. The van der Waals surface area contributed by atoms with Gasteiger partial charge >= 0.3 is 0 Å². The Bertz CT molecular complexity index is 606. The SMILES string of the molecule is CC1CN(CCC23CC4CC(CC(C4)C2)C3)CC(C)(c2ccccc2)C1.Cl. The van der Waals surface area contributed by atoms with Gasteiger partial charge in [0.15, 0.2) is 0 Å². The molecule has 2 heteroatoms. The average molecular weight is 388 g/mol. The summed E-state index contributed by atoms with van der Waals surface area (Å²) in [6, 6.07) is 11.3. The van der Waals surface area contributed by atoms with E-state index in [1.807, 2.05) is 0 Å². The summed E-state index contributed by atoms with van der Waals surface area (Å²) in [4.78, 5) is 2.83. The fourth-order valence-electron chi connectivity index (χ4n) is 8.11. The minimum Gasteiger partial charge on any atom is -0.302 e. The van der Waals surface area contributed by atoms with Gasteiger partial charge in [0.25, 0.3) is 0 Å². The van der Waals surface area contributed by atoms with Gasteiger partial charge in [-0.25, -0.2) is 0 Å². The molecular formula is C25H38ClN. The van der Waals surface area contributed by atoms with Crippen molar-refractivity contribution in [1.29, 1.82) is 0 Å². The van der Waals surface area contributed by atoms with Crippen molar-refractivity contribution in [2.75, 3.05) is 19.6 Å². The van der Waals surface area contributed by atoms with Crippen LogP contribution in [0.5, 0.6) is 0 Å². The van der Waals surface area contributed by atoms with Gasteiger partial charge in [0.1, 0.15) is 0 Å². The van der Waals surface area contributed by atoms with Gasteiger partial charge in [0.05, 0.1) is 0 Å². The van der Waals surface area contributed by atoms with Gasteiger partial charge in [-0.2, -0.15) is 0 Å². The average Bonchev–Trinajstić information content (AvgIpc) is 2.59. The van der Waals surface area contributed by atoms with E-state index in [1.54, 1.807) is 44.1 Å². The van der Waals surface area contributed by atoms with Crippen LogP contribution in [0.1, 0.15) is 70.8 Å². The number of hydrogen-bond donors (Lipinski definition) is 0. The van der Waals surface area contributed by atoms with Crippen LogP contribution in [0, 0.1) is 29.1 Å². The predicted octanol–water partition coefficient (Wildman–Crippen LogP) is 6.31. The second-order valence-electron chi connectivity index (χ2n) is 11.1. The highest BCUT2D eigenvalue weighted by atomic mass is 35.5. The maximum absolute atomic E-state index is 2.83. The van der Waals surface area contributed by atoms with Gasteiger partial charge < -0.3 is 4.90 Å². The summed E-state index contributed by atoms with van der Waals surface area (Å²) in [6.07, 6.45) is 12.2. The molecule has 2 unspecified atom stereocenters. The summed E-state index contributed by atoms with van der Waals surface area (Å²) in [7, 11) is 0. The molecule has 0 N–H and O–H groups in total. The quantitative estimate of drug-likeness (QED) is 0.584. The highest BCUT2D eigenvalue weighted by Gasteiger charge is 2.50. The van der Waals surface area contributed by atoms with Crippen LogP contribution in [0.25, 0.3) is 0 Å². The minimum atomic E-state index is 0. The highest BCUT2D eigenvalue weighted by Crippen LogP contribution is 2.61. The van der Waals surface area contributed by atoms with Gasteiger partial charge in [-0.15, -0.1) is 12.4 Å². The van der Waals surface area contributed by atoms with Crippen LogP contribution in [-0.2, 0) is 5.41 Å². The van der Waals surface area contributed by atoms with Crippen molar-refractivity contribution in [1.82, 2.24) is 4.90 Å². The molecule has 1 aromatic rings. The Morgan fingerprint density at radius 3 is 2.11 bits per heavy atom. The van der Waals surface area contributed by atoms with Crippen molar-refractivity contribution >= 4 is 12.4 Å². The fourth-order valence-corrected chi connectivity index (χ4v) is 8.11. The van der Waals surface area contributed by atoms with E-state index in [-0.39, 0.29) is 12.4 Å². The molecule has 1 nitrogen and oxygen atoms in total. The lowest BCUT2D eigenvalue weighted by molar-refractivity contribution is -0.0633. The number of piperidine rings is 1. The van der Waals surface area contributed by atoms with Crippen molar-refractivity contribution < 1.29 is 0 Å². The molecule has 1 saturated heterocycles. The number of rotatable bonds is 4. The largest absolute Gasteiger partial charge is 0.302 e. The summed E-state index contributed by atoms with van der Waals surface area (Å²) in [6.45, 7) is 8.90. The monoisotopic (exact) mass is 387 g/mol. The molecule has 0 aromatic heterocycles. The van der Waals surface area contributed by atoms with Crippen LogP contribution in [0.3, 0.4) is 0 Å². The zero-order valence-corrected chi connectivity index (χ0v) is 18.1. The van der Waals surface area contributed by atoms with Crippen LogP contribution < -0.4 is 0 Å². The lowest BCUT2D eigenvalue weighted by Crippen LogP contribution is -2.51. The molecule has 4 saturated carbocycles. The van der Waals surface area contributed by atoms with E-state index >= 15 is 0 Å². The molecule has 4 bridgehead atoms. The summed E-state index contributed by atoms with van der Waals surface area (Å²) >= 11 is 0. The summed E-state index contributed by atoms with van der Waals surface area (Å²) in [5, 5.41) is 0. The summed E-state index contributed by atoms with van der Waals surface area (Å²) < 4.78 is 0. The maximum atomic E-state index is 2.83. The van der Waals surface area contributed by atoms with Crippen molar-refractivity contribution in [3.63, 3.8) is 0 Å². The van der Waals surface area contributed by atoms with Crippen molar-refractivity contribution in [2.45, 2.75) is 70.6 Å². The Hall–Kier alpha value is -0.530. The van der Waals surface area contributed by atoms with Gasteiger partial charge in [-0.1, -0.05) is 44.2 Å². The molecule has 6 rings (SSSR count). The second kappa shape index (κ2) is 7.38. The Kier molecular flexibility index (Phi) is 5.40. The van der Waals surface area contributed by atoms with Crippen LogP contribution in [0.15, 0.2) is 30.3 Å². The van der Waals surface area contributed by atoms with Crippen LogP contribution in [0.4, 0.5) is 0 Å². The Morgan fingerprint density at radius 2 is 1.52 bits per heavy atom. The number of nitrogens with zero attached hydrogens (tertiary/aromatic N) is 1. The van der Waals surface area contributed by atoms with Gasteiger partial charge in [-0.3, -0.25) is 0 Å². The molecule has 0 amide bonds. The number of halogens is 1. The first-order valence-corrected chi connectivity index (χ1v) is 11.3. The maximum Gasteiger partial charge on any atom is 0.00762 e. The summed E-state index contributed by atoms with van der Waals surface area (Å²) in [5.74, 6) is 4.09. The van der Waals surface area contributed by atoms with Crippen molar-refractivity contribution in [3.05, 3.63) is 35.9 Å². The molecule has 2 atom stereocenters. The van der Waals surface area contributed by atoms with Crippen molar-refractivity contribution in [2.24, 2.45) is 29.1 Å². The number of likely N-dealkylation sites (tertiary alicyclic amines) is 1. The zero-order chi connectivity index (χ0) is 17.8. The van der Waals surface area contributed by atoms with Gasteiger partial charge in [-0.05, 0) is 92.6 Å². The Morgan fingerprint density at radius 1 is 0.926 bits per heavy atom. The van der Waals surface area contributed by atoms with Crippen LogP contribution >= 0.6 is 12.4 Å². The van der Waals surface area contributed by atoms with E-state index in [1.165, 1.54) is 32.5 Å². The molecule has 1 heterocycles. The van der Waals surface area contributed by atoms with E-state index in [0.29, 0.717) is 5.41 Å². The molecule has 27 heavy (non-hydrogen) atoms. The van der Waals surface area contributed by atoms with E-state index < -0.39 is 0 Å². The van der Waals surface area contributed by atoms with E-state index in [4.69, 9.17) is 0 Å². The Balaban J connectivity index is 0.00000180. The standard InChI is InChI=1S/C25H37N.ClH/c1-19-13-24(2,23-6-4-3-5-7-23)18-26(17-19)9-8-25-14-20-10-21(15-25)12-22(11-20)16-25;/h3-7,19-22H,8-18H2,1-2H3;1H. The first-order valence-electron chi connectivity index (χ1n) is 11.3. The van der Waals surface area contributed by atoms with Crippen molar-refractivity contribution in [3.8, 4) is 0 Å². The third-order valence-electron chi connectivity index (χ3n) is 8.54. The smallest absolute Gasteiger partial charge is 0.00762 e. The lowest BCUT2D eigenvalue weighted by Gasteiger charge is -2.57. The van der Waals surface area contributed by atoms with Crippen LogP contribution in [-0.4, -0.2) is 24.5 Å². The fraction of sp³-hybridized carbons (Fsp3) is 0.760. The van der Waals surface area contributed by atoms with E-state index in [2.05, 4.69) is 49.1 Å². The molecule has 0 spiro atoms. The molecule has 0 radical (unpaired) electrons. The highest BCUT2D eigenvalue weighted by molar-refractivity contribution is 5.85. The molecule has 5 aliphatic rings. The van der Waals surface area contributed by atoms with Crippen LogP contribution in [0.2, 0.25) is 0 Å². The molecule has 1 aromatic carbocycles. The lowest BCUT2D eigenvalue weighted by atomic mass is 9.49. The second-order valence-corrected chi connectivity index (χ2v) is 11.1. The topological polar surface area (TPSA) is 3.24 Å².